The molecule has 0 aromatic heterocycles. The summed E-state index contributed by atoms with van der Waals surface area (Å²) in [6.45, 7) is 0. The fourth-order valence-electron chi connectivity index (χ4n) is 0. The van der Waals surface area contributed by atoms with E-state index in [9.17, 15) is 0 Å². The van der Waals surface area contributed by atoms with Gasteiger partial charge >= 0.3 is 23.9 Å². The monoisotopic (exact) mass is 772 g/mol. The summed E-state index contributed by atoms with van der Waals surface area (Å²) < 4.78 is 0. The van der Waals surface area contributed by atoms with Crippen LogP contribution in [0.15, 0.2) is 0 Å². The van der Waals surface area contributed by atoms with Crippen molar-refractivity contribution in [2.45, 2.75) is 0 Å². The van der Waals surface area contributed by atoms with Crippen molar-refractivity contribution in [2.75, 3.05) is 0 Å². The minimum Gasteiger partial charge on any atom is -1.00 e. The smallest absolute Gasteiger partial charge is 1.00 e. The molecular formula is H4I5NSn. The molecule has 48 valence electrons. The maximum atomic E-state index is 0. The molecule has 0 fully saturated rings. The predicted molar refractivity (Wildman–Crippen MR) is 11.7 cm³/mol. The summed E-state index contributed by atoms with van der Waals surface area (Å²) in [6, 6.07) is 0. The maximum absolute atomic E-state index is 0. The molecule has 7 heavy (non-hydrogen) atoms. The van der Waals surface area contributed by atoms with E-state index in [0.29, 0.717) is 0 Å². The molecule has 0 atom stereocenters. The maximum Gasteiger partial charge on any atom is 4.00 e. The van der Waals surface area contributed by atoms with Crippen molar-refractivity contribution in [1.82, 2.24) is 6.15 Å². The number of hydrogen-bond acceptors (Lipinski definition) is 0. The van der Waals surface area contributed by atoms with Crippen molar-refractivity contribution in [1.29, 1.82) is 0 Å². The van der Waals surface area contributed by atoms with Gasteiger partial charge in [-0.3, -0.25) is 0 Å². The minimum atomic E-state index is 0. The van der Waals surface area contributed by atoms with Crippen molar-refractivity contribution in [2.24, 2.45) is 0 Å². The van der Waals surface area contributed by atoms with Gasteiger partial charge in [-0.15, -0.1) is 0 Å². The third-order valence-electron chi connectivity index (χ3n) is 0. The van der Waals surface area contributed by atoms with E-state index in [1.54, 1.807) is 0 Å². The van der Waals surface area contributed by atoms with E-state index in [4.69, 9.17) is 0 Å². The van der Waals surface area contributed by atoms with Crippen LogP contribution < -0.4 is 126 Å². The van der Waals surface area contributed by atoms with Gasteiger partial charge in [-0.05, 0) is 0 Å². The average molecular weight is 771 g/mol. The Bertz CT molecular complexity index is 8.04. The molecule has 0 spiro atoms. The third-order valence-corrected chi connectivity index (χ3v) is 0. The van der Waals surface area contributed by atoms with Crippen LogP contribution >= 0.6 is 0 Å². The first-order valence-electron chi connectivity index (χ1n) is 0. The second-order valence-corrected chi connectivity index (χ2v) is 0. The van der Waals surface area contributed by atoms with Crippen LogP contribution in [0.1, 0.15) is 0 Å². The van der Waals surface area contributed by atoms with Gasteiger partial charge in [0.2, 0.25) is 0 Å². The Morgan fingerprint density at radius 3 is 0.429 bits per heavy atom. The Morgan fingerprint density at radius 2 is 0.429 bits per heavy atom. The molecule has 1 nitrogen and oxygen atoms in total. The van der Waals surface area contributed by atoms with Gasteiger partial charge in [0.1, 0.15) is 0 Å². The first-order chi connectivity index (χ1) is 0. The topological polar surface area (TPSA) is 36.5 Å². The largest absolute Gasteiger partial charge is 4.00 e. The number of quaternary nitrogens is 1. The second-order valence-electron chi connectivity index (χ2n) is 0. The van der Waals surface area contributed by atoms with E-state index in [1.807, 2.05) is 0 Å². The first kappa shape index (κ1) is 63.6. The van der Waals surface area contributed by atoms with E-state index < -0.39 is 0 Å². The van der Waals surface area contributed by atoms with E-state index in [-0.39, 0.29) is 150 Å². The van der Waals surface area contributed by atoms with E-state index >= 15 is 0 Å². The zero-order valence-electron chi connectivity index (χ0n) is 3.39. The van der Waals surface area contributed by atoms with E-state index in [2.05, 4.69) is 0 Å². The summed E-state index contributed by atoms with van der Waals surface area (Å²) in [6.07, 6.45) is 0. The van der Waals surface area contributed by atoms with Crippen LogP contribution in [-0.4, -0.2) is 23.9 Å². The average Bonchev–Trinajstić information content (AvgIpc) is 0. The molecule has 0 heterocycles. The summed E-state index contributed by atoms with van der Waals surface area (Å²) in [7, 11) is 0. The van der Waals surface area contributed by atoms with Gasteiger partial charge in [-0.2, -0.15) is 0 Å². The zero-order valence-corrected chi connectivity index (χ0v) is 17.0. The van der Waals surface area contributed by atoms with Crippen LogP contribution in [0.2, 0.25) is 0 Å². The van der Waals surface area contributed by atoms with Crippen molar-refractivity contribution in [3.63, 3.8) is 0 Å². The molecular weight excluding hydrogens is 767 g/mol. The van der Waals surface area contributed by atoms with Gasteiger partial charge in [0.15, 0.2) is 0 Å². The van der Waals surface area contributed by atoms with Crippen molar-refractivity contribution < 1.29 is 120 Å². The van der Waals surface area contributed by atoms with E-state index in [1.165, 1.54) is 0 Å². The van der Waals surface area contributed by atoms with Gasteiger partial charge in [-0.1, -0.05) is 0 Å². The first-order valence-corrected chi connectivity index (χ1v) is 0. The second kappa shape index (κ2) is 47.4. The SMILES string of the molecule is [I-].[I-].[I-].[I-].[I-].[NH4+].[Sn+4]. The number of rotatable bonds is 0. The fourth-order valence-corrected chi connectivity index (χ4v) is 0. The molecule has 0 aliphatic carbocycles. The molecule has 0 aliphatic rings. The Kier molecular flexibility index (Phi) is 431. The van der Waals surface area contributed by atoms with Crippen LogP contribution in [0.3, 0.4) is 0 Å². The normalized spacial score (nSPS) is 0. The zero-order chi connectivity index (χ0) is 0. The molecule has 7 heteroatoms. The summed E-state index contributed by atoms with van der Waals surface area (Å²) in [5.41, 5.74) is 0. The Labute approximate surface area is 146 Å². The fraction of sp³-hybridized carbons (Fsp3) is 0. The predicted octanol–water partition coefficient (Wildman–Crippen LogP) is -15.0. The standard InChI is InChI=1S/5HI.H3N.Sn/h5*1H;1H3;/q;;;;;;+4/p-4. The molecule has 0 saturated heterocycles. The Morgan fingerprint density at radius 1 is 0.429 bits per heavy atom. The van der Waals surface area contributed by atoms with Gasteiger partial charge in [0, 0.05) is 0 Å². The van der Waals surface area contributed by atoms with Crippen molar-refractivity contribution >= 4 is 23.9 Å². The van der Waals surface area contributed by atoms with Gasteiger partial charge in [0.05, 0.1) is 0 Å². The number of hydrogen-bond donors (Lipinski definition) is 1. The minimum absolute atomic E-state index is 0. The van der Waals surface area contributed by atoms with Gasteiger partial charge in [0.25, 0.3) is 0 Å². The summed E-state index contributed by atoms with van der Waals surface area (Å²) >= 11 is 0. The molecule has 0 aromatic rings. The van der Waals surface area contributed by atoms with Gasteiger partial charge in [-0.25, -0.2) is 0 Å². The van der Waals surface area contributed by atoms with Crippen LogP contribution in [-0.2, 0) is 0 Å². The molecule has 0 saturated carbocycles. The molecule has 0 rings (SSSR count). The quantitative estimate of drug-likeness (QED) is 0.188. The summed E-state index contributed by atoms with van der Waals surface area (Å²) in [5, 5.41) is 0. The third kappa shape index (κ3) is 37.9. The van der Waals surface area contributed by atoms with Gasteiger partial charge < -0.3 is 126 Å². The molecule has 4 N–H and O–H groups in total. The van der Waals surface area contributed by atoms with Crippen LogP contribution in [0.4, 0.5) is 0 Å². The van der Waals surface area contributed by atoms with Crippen LogP contribution in [0, 0.1) is 0 Å². The molecule has 0 aliphatic heterocycles. The molecule has 0 radical (unpaired) electrons. The van der Waals surface area contributed by atoms with Crippen LogP contribution in [0.5, 0.6) is 0 Å². The Balaban J connectivity index is 0. The Hall–Kier alpha value is 4.41. The molecule has 0 aromatic carbocycles. The van der Waals surface area contributed by atoms with E-state index in [0.717, 1.165) is 0 Å². The van der Waals surface area contributed by atoms with Crippen molar-refractivity contribution in [3.05, 3.63) is 0 Å². The molecule has 0 unspecified atom stereocenters. The summed E-state index contributed by atoms with van der Waals surface area (Å²) in [5.74, 6) is 0. The summed E-state index contributed by atoms with van der Waals surface area (Å²) in [4.78, 5) is 0. The van der Waals surface area contributed by atoms with Crippen molar-refractivity contribution in [3.8, 4) is 0 Å². The number of halogens is 5. The molecule has 0 amide bonds. The molecule has 0 bridgehead atoms. The van der Waals surface area contributed by atoms with Crippen LogP contribution in [0.25, 0.3) is 0 Å².